The fourth-order valence-electron chi connectivity index (χ4n) is 3.02. The monoisotopic (exact) mass is 308 g/mol. The number of carbonyl (C=O) groups is 2. The van der Waals surface area contributed by atoms with Crippen LogP contribution in [-0.4, -0.2) is 24.4 Å². The van der Waals surface area contributed by atoms with Gasteiger partial charge in [0.25, 0.3) is 0 Å². The molecule has 0 aliphatic heterocycles. The van der Waals surface area contributed by atoms with E-state index in [0.29, 0.717) is 11.8 Å². The molecule has 2 amide bonds. The van der Waals surface area contributed by atoms with Crippen LogP contribution in [0.1, 0.15) is 65.7 Å². The molecule has 3 atom stereocenters. The number of nitrogens with one attached hydrogen (secondary N) is 2. The first-order chi connectivity index (χ1) is 10.5. The van der Waals surface area contributed by atoms with E-state index in [1.807, 2.05) is 13.8 Å². The third-order valence-electron chi connectivity index (χ3n) is 5.24. The molecule has 0 aromatic heterocycles. The molecule has 4 nitrogen and oxygen atoms in total. The summed E-state index contributed by atoms with van der Waals surface area (Å²) in [4.78, 5) is 23.8. The Morgan fingerprint density at radius 1 is 0.909 bits per heavy atom. The van der Waals surface area contributed by atoms with E-state index in [9.17, 15) is 9.59 Å². The number of hydrogen-bond acceptors (Lipinski definition) is 2. The summed E-state index contributed by atoms with van der Waals surface area (Å²) in [5, 5.41) is 6.15. The number of hydrogen-bond donors (Lipinski definition) is 2. The standard InChI is InChI=1S/C18H32N2O2/c1-12(20-18(22)14(3)16-9-10-16)6-4-5-11-19-17(21)13(2)15-7-8-15/h12-16H,4-11H2,1-3H3,(H,19,21)(H,20,22). The number of unbranched alkanes of at least 4 members (excludes halogenated alkanes) is 1. The Balaban J connectivity index is 1.48. The van der Waals surface area contributed by atoms with Crippen LogP contribution in [0.4, 0.5) is 0 Å². The maximum Gasteiger partial charge on any atom is 0.223 e. The molecule has 3 unspecified atom stereocenters. The summed E-state index contributed by atoms with van der Waals surface area (Å²) in [5.41, 5.74) is 0. The molecule has 22 heavy (non-hydrogen) atoms. The first kappa shape index (κ1) is 17.3. The lowest BCUT2D eigenvalue weighted by molar-refractivity contribution is -0.126. The molecule has 2 rings (SSSR count). The Labute approximate surface area is 134 Å². The lowest BCUT2D eigenvalue weighted by atomic mass is 10.0. The van der Waals surface area contributed by atoms with Crippen LogP contribution in [0.15, 0.2) is 0 Å². The molecular formula is C18H32N2O2. The Hall–Kier alpha value is -1.06. The van der Waals surface area contributed by atoms with Crippen molar-refractivity contribution in [1.29, 1.82) is 0 Å². The maximum atomic E-state index is 12.0. The van der Waals surface area contributed by atoms with Gasteiger partial charge in [0, 0.05) is 24.4 Å². The van der Waals surface area contributed by atoms with Crippen molar-refractivity contribution in [1.82, 2.24) is 10.6 Å². The van der Waals surface area contributed by atoms with Crippen LogP contribution < -0.4 is 10.6 Å². The van der Waals surface area contributed by atoms with Gasteiger partial charge in [-0.05, 0) is 63.7 Å². The summed E-state index contributed by atoms with van der Waals surface area (Å²) >= 11 is 0. The predicted molar refractivity (Wildman–Crippen MR) is 88.2 cm³/mol. The molecule has 2 aliphatic carbocycles. The maximum absolute atomic E-state index is 12.0. The van der Waals surface area contributed by atoms with Gasteiger partial charge >= 0.3 is 0 Å². The zero-order valence-corrected chi connectivity index (χ0v) is 14.4. The van der Waals surface area contributed by atoms with Crippen molar-refractivity contribution in [2.75, 3.05) is 6.54 Å². The quantitative estimate of drug-likeness (QED) is 0.610. The number of rotatable bonds is 10. The molecule has 2 fully saturated rings. The second-order valence-corrected chi connectivity index (χ2v) is 7.45. The van der Waals surface area contributed by atoms with E-state index in [2.05, 4.69) is 17.6 Å². The number of amides is 2. The van der Waals surface area contributed by atoms with Gasteiger partial charge in [0.2, 0.25) is 11.8 Å². The minimum absolute atomic E-state index is 0.172. The largest absolute Gasteiger partial charge is 0.356 e. The fraction of sp³-hybridized carbons (Fsp3) is 0.889. The molecule has 0 aromatic carbocycles. The van der Waals surface area contributed by atoms with Gasteiger partial charge in [-0.3, -0.25) is 9.59 Å². The highest BCUT2D eigenvalue weighted by atomic mass is 16.2. The third kappa shape index (κ3) is 5.62. The normalized spacial score (nSPS) is 21.8. The van der Waals surface area contributed by atoms with E-state index in [-0.39, 0.29) is 29.7 Å². The fourth-order valence-corrected chi connectivity index (χ4v) is 3.02. The summed E-state index contributed by atoms with van der Waals surface area (Å²) in [6, 6.07) is 0.231. The van der Waals surface area contributed by atoms with E-state index in [1.54, 1.807) is 0 Å². The molecular weight excluding hydrogens is 276 g/mol. The summed E-state index contributed by atoms with van der Waals surface area (Å²) in [6.07, 6.45) is 7.86. The van der Waals surface area contributed by atoms with Crippen LogP contribution in [0.5, 0.6) is 0 Å². The molecule has 0 spiro atoms. The average Bonchev–Trinajstić information content (AvgIpc) is 3.37. The van der Waals surface area contributed by atoms with Crippen molar-refractivity contribution in [3.8, 4) is 0 Å². The smallest absolute Gasteiger partial charge is 0.223 e. The zero-order valence-electron chi connectivity index (χ0n) is 14.4. The van der Waals surface area contributed by atoms with Gasteiger partial charge in [-0.25, -0.2) is 0 Å². The average molecular weight is 308 g/mol. The lowest BCUT2D eigenvalue weighted by Gasteiger charge is -2.17. The molecule has 0 aromatic rings. The van der Waals surface area contributed by atoms with Crippen LogP contribution >= 0.6 is 0 Å². The second-order valence-electron chi connectivity index (χ2n) is 7.45. The topological polar surface area (TPSA) is 58.2 Å². The van der Waals surface area contributed by atoms with Gasteiger partial charge in [0.15, 0.2) is 0 Å². The molecule has 0 bridgehead atoms. The minimum Gasteiger partial charge on any atom is -0.356 e. The van der Waals surface area contributed by atoms with Gasteiger partial charge in [0.1, 0.15) is 0 Å². The third-order valence-corrected chi connectivity index (χ3v) is 5.24. The summed E-state index contributed by atoms with van der Waals surface area (Å²) in [7, 11) is 0. The molecule has 2 saturated carbocycles. The highest BCUT2D eigenvalue weighted by molar-refractivity contribution is 5.79. The SMILES string of the molecule is CC(CCCCNC(=O)C(C)C1CC1)NC(=O)C(C)C1CC1. The van der Waals surface area contributed by atoms with Crippen molar-refractivity contribution >= 4 is 11.8 Å². The Bertz CT molecular complexity index is 389. The summed E-state index contributed by atoms with van der Waals surface area (Å²) < 4.78 is 0. The first-order valence-electron chi connectivity index (χ1n) is 9.07. The second kappa shape index (κ2) is 7.98. The van der Waals surface area contributed by atoms with E-state index in [0.717, 1.165) is 25.8 Å². The van der Waals surface area contributed by atoms with E-state index in [1.165, 1.54) is 25.7 Å². The van der Waals surface area contributed by atoms with Crippen molar-refractivity contribution < 1.29 is 9.59 Å². The van der Waals surface area contributed by atoms with Crippen molar-refractivity contribution in [2.24, 2.45) is 23.7 Å². The van der Waals surface area contributed by atoms with Gasteiger partial charge in [-0.15, -0.1) is 0 Å². The molecule has 0 saturated heterocycles. The van der Waals surface area contributed by atoms with Crippen molar-refractivity contribution in [2.45, 2.75) is 71.8 Å². The minimum atomic E-state index is 0.172. The highest BCUT2D eigenvalue weighted by Crippen LogP contribution is 2.37. The van der Waals surface area contributed by atoms with Crippen LogP contribution in [0, 0.1) is 23.7 Å². The molecule has 0 heterocycles. The van der Waals surface area contributed by atoms with E-state index in [4.69, 9.17) is 0 Å². The van der Waals surface area contributed by atoms with Crippen LogP contribution in [0.3, 0.4) is 0 Å². The Morgan fingerprint density at radius 2 is 1.45 bits per heavy atom. The molecule has 2 N–H and O–H groups in total. The Kier molecular flexibility index (Phi) is 6.27. The van der Waals surface area contributed by atoms with Gasteiger partial charge in [-0.2, -0.15) is 0 Å². The molecule has 126 valence electrons. The van der Waals surface area contributed by atoms with Gasteiger partial charge in [0.05, 0.1) is 0 Å². The predicted octanol–water partition coefficient (Wildman–Crippen LogP) is 2.87. The lowest BCUT2D eigenvalue weighted by Crippen LogP contribution is -2.37. The van der Waals surface area contributed by atoms with E-state index >= 15 is 0 Å². The van der Waals surface area contributed by atoms with E-state index < -0.39 is 0 Å². The van der Waals surface area contributed by atoms with Crippen LogP contribution in [0.25, 0.3) is 0 Å². The van der Waals surface area contributed by atoms with Gasteiger partial charge in [-0.1, -0.05) is 13.8 Å². The zero-order chi connectivity index (χ0) is 16.1. The highest BCUT2D eigenvalue weighted by Gasteiger charge is 2.33. The van der Waals surface area contributed by atoms with Crippen LogP contribution in [0.2, 0.25) is 0 Å². The molecule has 0 radical (unpaired) electrons. The molecule has 4 heteroatoms. The van der Waals surface area contributed by atoms with Crippen molar-refractivity contribution in [3.05, 3.63) is 0 Å². The van der Waals surface area contributed by atoms with Crippen LogP contribution in [-0.2, 0) is 9.59 Å². The van der Waals surface area contributed by atoms with Crippen molar-refractivity contribution in [3.63, 3.8) is 0 Å². The first-order valence-corrected chi connectivity index (χ1v) is 9.07. The van der Waals surface area contributed by atoms with Gasteiger partial charge < -0.3 is 10.6 Å². The summed E-state index contributed by atoms with van der Waals surface area (Å²) in [6.45, 7) is 6.90. The number of carbonyl (C=O) groups excluding carboxylic acids is 2. The summed E-state index contributed by atoms with van der Waals surface area (Å²) in [5.74, 6) is 2.02. The molecule has 2 aliphatic rings. The Morgan fingerprint density at radius 3 is 2.00 bits per heavy atom.